The van der Waals surface area contributed by atoms with E-state index in [0.29, 0.717) is 39.6 Å². The van der Waals surface area contributed by atoms with E-state index in [9.17, 15) is 4.89 Å². The fourth-order valence-electron chi connectivity index (χ4n) is 3.92. The van der Waals surface area contributed by atoms with Gasteiger partial charge >= 0.3 is 25.8 Å². The molecule has 2 fully saturated rings. The summed E-state index contributed by atoms with van der Waals surface area (Å²) in [4.78, 5) is 9.45. The van der Waals surface area contributed by atoms with Crippen LogP contribution in [0.1, 0.15) is 105 Å². The molecule has 8 nitrogen and oxygen atoms in total. The van der Waals surface area contributed by atoms with Crippen LogP contribution in [0.3, 0.4) is 0 Å². The van der Waals surface area contributed by atoms with Gasteiger partial charge in [-0.05, 0) is 24.7 Å². The predicted octanol–water partition coefficient (Wildman–Crippen LogP) is 8.78. The molecule has 0 saturated carbocycles. The Labute approximate surface area is 223 Å². The third-order valence-corrected chi connectivity index (χ3v) is 9.53. The van der Waals surface area contributed by atoms with Crippen LogP contribution in [0, 0.1) is 17.3 Å². The van der Waals surface area contributed by atoms with Gasteiger partial charge in [0.15, 0.2) is 0 Å². The van der Waals surface area contributed by atoms with Crippen LogP contribution in [0.4, 0.5) is 0 Å². The van der Waals surface area contributed by atoms with Crippen molar-refractivity contribution in [2.75, 3.05) is 39.6 Å². The summed E-state index contributed by atoms with van der Waals surface area (Å²) in [6.07, 6.45) is 14.6. The van der Waals surface area contributed by atoms with Crippen molar-refractivity contribution in [1.82, 2.24) is 0 Å². The first-order chi connectivity index (χ1) is 17.4. The Hall–Kier alpha value is 0.970. The second-order valence-electron chi connectivity index (χ2n) is 10.9. The Bertz CT molecular complexity index is 501. The van der Waals surface area contributed by atoms with E-state index in [0.717, 1.165) is 37.5 Å². The van der Waals surface area contributed by atoms with Gasteiger partial charge in [-0.2, -0.15) is 0 Å². The highest BCUT2D eigenvalue weighted by molar-refractivity contribution is 7.55. The maximum absolute atomic E-state index is 9.45. The van der Waals surface area contributed by atoms with Crippen molar-refractivity contribution in [3.63, 3.8) is 0 Å². The number of hydrogen-bond acceptors (Lipinski definition) is 8. The first-order valence-corrected chi connectivity index (χ1v) is 17.3. The molecule has 0 bridgehead atoms. The summed E-state index contributed by atoms with van der Waals surface area (Å²) >= 11 is 0. The van der Waals surface area contributed by atoms with E-state index in [2.05, 4.69) is 27.7 Å². The van der Waals surface area contributed by atoms with Crippen LogP contribution in [0.15, 0.2) is 0 Å². The highest BCUT2D eigenvalue weighted by atomic mass is 31.2. The van der Waals surface area contributed by atoms with Gasteiger partial charge in [0.25, 0.3) is 0 Å². The quantitative estimate of drug-likeness (QED) is 0.114. The van der Waals surface area contributed by atoms with Crippen LogP contribution in [-0.4, -0.2) is 44.5 Å². The molecule has 1 N–H and O–H groups in total. The Kier molecular flexibility index (Phi) is 18.4. The minimum absolute atomic E-state index is 0.356. The molecule has 0 aromatic carbocycles. The lowest BCUT2D eigenvalue weighted by Crippen LogP contribution is -2.44. The average molecular weight is 573 g/mol. The minimum Gasteiger partial charge on any atom is -0.328 e. The molecular formula is C25H51O8P3. The summed E-state index contributed by atoms with van der Waals surface area (Å²) in [5.74, 6) is 1.58. The molecule has 0 amide bonds. The molecule has 214 valence electrons. The molecule has 2 aliphatic heterocycles. The van der Waals surface area contributed by atoms with Crippen molar-refractivity contribution in [2.45, 2.75) is 105 Å². The highest BCUT2D eigenvalue weighted by Crippen LogP contribution is 2.59. The SMILES string of the molecule is CC(C)CCCCCCCOP(OCCCCCCCC(C)C)OP1OCC2(COP(O)OC2)CO1. The number of unbranched alkanes of at least 4 members (excludes halogenated alkanes) is 8. The van der Waals surface area contributed by atoms with Crippen LogP contribution in [0.2, 0.25) is 0 Å². The van der Waals surface area contributed by atoms with E-state index in [1.807, 2.05) is 0 Å². The zero-order valence-electron chi connectivity index (χ0n) is 23.0. The second kappa shape index (κ2) is 19.9. The van der Waals surface area contributed by atoms with Gasteiger partial charge in [-0.15, -0.1) is 0 Å². The molecule has 11 heteroatoms. The first kappa shape index (κ1) is 33.2. The van der Waals surface area contributed by atoms with Crippen molar-refractivity contribution in [3.8, 4) is 0 Å². The standard InChI is InChI=1S/C25H51O8P3/c1-23(2)15-11-7-5-9-13-17-27-35(28-18-14-10-6-8-12-16-24(3)4)33-36-31-21-25(22-32-36)19-29-34(26)30-20-25/h23-24,26H,5-22H2,1-4H3. The smallest absolute Gasteiger partial charge is 0.328 e. The highest BCUT2D eigenvalue weighted by Gasteiger charge is 2.44. The fraction of sp³-hybridized carbons (Fsp3) is 1.00. The maximum atomic E-state index is 9.45. The zero-order valence-corrected chi connectivity index (χ0v) is 25.7. The summed E-state index contributed by atoms with van der Waals surface area (Å²) in [7, 11) is -4.83. The topological polar surface area (TPSA) is 84.8 Å². The van der Waals surface area contributed by atoms with E-state index >= 15 is 0 Å². The Morgan fingerprint density at radius 2 is 1.08 bits per heavy atom. The third kappa shape index (κ3) is 15.5. The first-order valence-electron chi connectivity index (χ1n) is 13.9. The average Bonchev–Trinajstić information content (AvgIpc) is 2.85. The Morgan fingerprint density at radius 1 is 0.667 bits per heavy atom. The van der Waals surface area contributed by atoms with Gasteiger partial charge in [0.05, 0.1) is 45.1 Å². The molecule has 2 aliphatic rings. The minimum atomic E-state index is -1.78. The summed E-state index contributed by atoms with van der Waals surface area (Å²) < 4.78 is 40.3. The van der Waals surface area contributed by atoms with E-state index < -0.39 is 25.8 Å². The van der Waals surface area contributed by atoms with E-state index in [1.165, 1.54) is 51.4 Å². The van der Waals surface area contributed by atoms with E-state index in [-0.39, 0.29) is 5.41 Å². The monoisotopic (exact) mass is 572 g/mol. The van der Waals surface area contributed by atoms with Gasteiger partial charge in [0.1, 0.15) is 0 Å². The molecule has 1 spiro atoms. The van der Waals surface area contributed by atoms with E-state index in [1.54, 1.807) is 0 Å². The molecule has 0 unspecified atom stereocenters. The molecule has 2 saturated heterocycles. The maximum Gasteiger partial charge on any atom is 0.339 e. The van der Waals surface area contributed by atoms with Crippen molar-refractivity contribution in [1.29, 1.82) is 0 Å². The van der Waals surface area contributed by atoms with E-state index in [4.69, 9.17) is 31.5 Å². The molecule has 2 rings (SSSR count). The summed E-state index contributed by atoms with van der Waals surface area (Å²) in [6.45, 7) is 11.9. The molecule has 0 atom stereocenters. The van der Waals surface area contributed by atoms with Gasteiger partial charge in [-0.3, -0.25) is 0 Å². The lowest BCUT2D eigenvalue weighted by molar-refractivity contribution is -0.0689. The van der Waals surface area contributed by atoms with Gasteiger partial charge < -0.3 is 32.0 Å². The van der Waals surface area contributed by atoms with Crippen molar-refractivity contribution in [2.24, 2.45) is 17.3 Å². The second-order valence-corrected chi connectivity index (χ2v) is 14.5. The van der Waals surface area contributed by atoms with Gasteiger partial charge in [-0.1, -0.05) is 91.9 Å². The van der Waals surface area contributed by atoms with Gasteiger partial charge in [0, 0.05) is 0 Å². The predicted molar refractivity (Wildman–Crippen MR) is 147 cm³/mol. The Balaban J connectivity index is 1.64. The number of hydrogen-bond donors (Lipinski definition) is 1. The van der Waals surface area contributed by atoms with Crippen LogP contribution in [0.25, 0.3) is 0 Å². The molecule has 0 radical (unpaired) electrons. The van der Waals surface area contributed by atoms with Crippen LogP contribution in [-0.2, 0) is 31.5 Å². The molecular weight excluding hydrogens is 521 g/mol. The largest absolute Gasteiger partial charge is 0.339 e. The van der Waals surface area contributed by atoms with Crippen LogP contribution >= 0.6 is 25.8 Å². The summed E-state index contributed by atoms with van der Waals surface area (Å²) in [5.41, 5.74) is -0.390. The lowest BCUT2D eigenvalue weighted by atomic mass is 9.93. The fourth-order valence-corrected chi connectivity index (χ4v) is 7.42. The van der Waals surface area contributed by atoms with Crippen molar-refractivity contribution < 1.29 is 36.3 Å². The molecule has 0 aromatic heterocycles. The zero-order chi connectivity index (χ0) is 26.1. The number of rotatable bonds is 20. The molecule has 0 aromatic rings. The van der Waals surface area contributed by atoms with Gasteiger partial charge in [0.2, 0.25) is 0 Å². The third-order valence-electron chi connectivity index (χ3n) is 6.29. The molecule has 36 heavy (non-hydrogen) atoms. The lowest BCUT2D eigenvalue weighted by Gasteiger charge is -2.40. The van der Waals surface area contributed by atoms with Crippen molar-refractivity contribution in [3.05, 3.63) is 0 Å². The van der Waals surface area contributed by atoms with Gasteiger partial charge in [-0.25, -0.2) is 4.31 Å². The molecule has 2 heterocycles. The van der Waals surface area contributed by atoms with Crippen LogP contribution < -0.4 is 0 Å². The van der Waals surface area contributed by atoms with Crippen molar-refractivity contribution >= 4 is 25.8 Å². The Morgan fingerprint density at radius 3 is 1.56 bits per heavy atom. The molecule has 0 aliphatic carbocycles. The summed E-state index contributed by atoms with van der Waals surface area (Å²) in [5, 5.41) is 0. The normalized spacial score (nSPS) is 25.0. The summed E-state index contributed by atoms with van der Waals surface area (Å²) in [6, 6.07) is 0. The van der Waals surface area contributed by atoms with Crippen LogP contribution in [0.5, 0.6) is 0 Å².